The van der Waals surface area contributed by atoms with Crippen LogP contribution in [0.2, 0.25) is 0 Å². The van der Waals surface area contributed by atoms with Crippen LogP contribution in [0.5, 0.6) is 0 Å². The average Bonchev–Trinajstić information content (AvgIpc) is 2.75. The highest BCUT2D eigenvalue weighted by Crippen LogP contribution is 2.20. The van der Waals surface area contributed by atoms with Crippen molar-refractivity contribution in [2.45, 2.75) is 32.4 Å². The summed E-state index contributed by atoms with van der Waals surface area (Å²) >= 11 is 0. The van der Waals surface area contributed by atoms with Gasteiger partial charge in [-0.15, -0.1) is 0 Å². The number of rotatable bonds is 3. The normalized spacial score (nSPS) is 24.2. The third-order valence-corrected chi connectivity index (χ3v) is 3.65. The van der Waals surface area contributed by atoms with Crippen molar-refractivity contribution in [3.8, 4) is 0 Å². The summed E-state index contributed by atoms with van der Waals surface area (Å²) in [5, 5.41) is 5.99. The number of carbonyl (C=O) groups excluding carboxylic acids is 1. The van der Waals surface area contributed by atoms with Crippen molar-refractivity contribution in [3.63, 3.8) is 0 Å². The molecule has 1 amide bonds. The monoisotopic (exact) mass is 268 g/mol. The summed E-state index contributed by atoms with van der Waals surface area (Å²) in [5.41, 5.74) is 0.299. The molecule has 1 aliphatic rings. The van der Waals surface area contributed by atoms with E-state index < -0.39 is 17.7 Å². The molecule has 1 saturated heterocycles. The standard InChI is InChI=1S/C14H18F2N2O/c1-8-12(5-6-17-8)14(19)18-9(2)11-4-3-10(15)7-13(11)16/h3-4,7-9,12,17H,5-6H2,1-2H3,(H,18,19). The lowest BCUT2D eigenvalue weighted by Gasteiger charge is -2.20. The maximum atomic E-state index is 13.6. The SMILES string of the molecule is CC(NC(=O)C1CCNC1C)c1ccc(F)cc1F. The second-order valence-electron chi connectivity index (χ2n) is 5.03. The zero-order valence-corrected chi connectivity index (χ0v) is 11.0. The molecule has 104 valence electrons. The summed E-state index contributed by atoms with van der Waals surface area (Å²) in [5.74, 6) is -1.43. The van der Waals surface area contributed by atoms with Gasteiger partial charge in [0.25, 0.3) is 0 Å². The van der Waals surface area contributed by atoms with Gasteiger partial charge in [0.15, 0.2) is 0 Å². The van der Waals surface area contributed by atoms with E-state index in [1.54, 1.807) is 6.92 Å². The topological polar surface area (TPSA) is 41.1 Å². The van der Waals surface area contributed by atoms with Crippen LogP contribution in [-0.4, -0.2) is 18.5 Å². The number of hydrogen-bond donors (Lipinski definition) is 2. The lowest BCUT2D eigenvalue weighted by molar-refractivity contribution is -0.125. The number of hydrogen-bond acceptors (Lipinski definition) is 2. The lowest BCUT2D eigenvalue weighted by atomic mass is 10.00. The van der Waals surface area contributed by atoms with Gasteiger partial charge in [-0.3, -0.25) is 4.79 Å². The smallest absolute Gasteiger partial charge is 0.225 e. The van der Waals surface area contributed by atoms with E-state index in [4.69, 9.17) is 0 Å². The van der Waals surface area contributed by atoms with Crippen molar-refractivity contribution in [3.05, 3.63) is 35.4 Å². The maximum Gasteiger partial charge on any atom is 0.225 e. The van der Waals surface area contributed by atoms with Crippen molar-refractivity contribution < 1.29 is 13.6 Å². The largest absolute Gasteiger partial charge is 0.349 e. The van der Waals surface area contributed by atoms with Crippen molar-refractivity contribution in [2.75, 3.05) is 6.54 Å². The summed E-state index contributed by atoms with van der Waals surface area (Å²) in [4.78, 5) is 12.1. The Morgan fingerprint density at radius 3 is 2.79 bits per heavy atom. The Balaban J connectivity index is 2.04. The predicted octanol–water partition coefficient (Wildman–Crippen LogP) is 2.14. The molecule has 2 N–H and O–H groups in total. The maximum absolute atomic E-state index is 13.6. The van der Waals surface area contributed by atoms with Crippen LogP contribution >= 0.6 is 0 Å². The van der Waals surface area contributed by atoms with Gasteiger partial charge in [0, 0.05) is 17.7 Å². The van der Waals surface area contributed by atoms with E-state index in [1.165, 1.54) is 12.1 Å². The highest BCUT2D eigenvalue weighted by atomic mass is 19.1. The van der Waals surface area contributed by atoms with Gasteiger partial charge in [-0.05, 0) is 32.9 Å². The molecule has 0 radical (unpaired) electrons. The first-order chi connectivity index (χ1) is 8.99. The van der Waals surface area contributed by atoms with Crippen molar-refractivity contribution in [1.29, 1.82) is 0 Å². The Kier molecular flexibility index (Phi) is 4.14. The molecule has 2 rings (SSSR count). The van der Waals surface area contributed by atoms with Gasteiger partial charge < -0.3 is 10.6 Å². The first kappa shape index (κ1) is 13.9. The average molecular weight is 268 g/mol. The Morgan fingerprint density at radius 2 is 2.21 bits per heavy atom. The van der Waals surface area contributed by atoms with E-state index >= 15 is 0 Å². The number of halogens is 2. The molecule has 1 aromatic carbocycles. The quantitative estimate of drug-likeness (QED) is 0.882. The van der Waals surface area contributed by atoms with E-state index in [0.717, 1.165) is 19.0 Å². The van der Waals surface area contributed by atoms with Crippen molar-refractivity contribution in [2.24, 2.45) is 5.92 Å². The van der Waals surface area contributed by atoms with Crippen LogP contribution in [0.4, 0.5) is 8.78 Å². The second-order valence-corrected chi connectivity index (χ2v) is 5.03. The molecule has 1 aliphatic heterocycles. The van der Waals surface area contributed by atoms with E-state index in [1.807, 2.05) is 6.92 Å². The van der Waals surface area contributed by atoms with Gasteiger partial charge in [-0.1, -0.05) is 6.07 Å². The van der Waals surface area contributed by atoms with Gasteiger partial charge in [0.05, 0.1) is 12.0 Å². The first-order valence-corrected chi connectivity index (χ1v) is 6.47. The number of carbonyl (C=O) groups is 1. The minimum Gasteiger partial charge on any atom is -0.349 e. The highest BCUT2D eigenvalue weighted by Gasteiger charge is 2.30. The molecule has 1 aromatic rings. The Bertz CT molecular complexity index is 479. The summed E-state index contributed by atoms with van der Waals surface area (Å²) in [6, 6.07) is 3.05. The third-order valence-electron chi connectivity index (χ3n) is 3.65. The van der Waals surface area contributed by atoms with Crippen LogP contribution in [0.3, 0.4) is 0 Å². The molecule has 3 atom stereocenters. The van der Waals surface area contributed by atoms with Gasteiger partial charge in [0.1, 0.15) is 11.6 Å². The number of amides is 1. The minimum atomic E-state index is -0.634. The Labute approximate surface area is 111 Å². The summed E-state index contributed by atoms with van der Waals surface area (Å²) in [6.45, 7) is 4.47. The molecule has 1 heterocycles. The van der Waals surface area contributed by atoms with Crippen LogP contribution in [0.1, 0.15) is 31.9 Å². The fraction of sp³-hybridized carbons (Fsp3) is 0.500. The molecule has 0 aliphatic carbocycles. The van der Waals surface area contributed by atoms with Crippen LogP contribution < -0.4 is 10.6 Å². The van der Waals surface area contributed by atoms with Crippen LogP contribution in [0, 0.1) is 17.6 Å². The zero-order valence-electron chi connectivity index (χ0n) is 11.0. The van der Waals surface area contributed by atoms with E-state index in [2.05, 4.69) is 10.6 Å². The minimum absolute atomic E-state index is 0.0891. The first-order valence-electron chi connectivity index (χ1n) is 6.47. The summed E-state index contributed by atoms with van der Waals surface area (Å²) in [6.07, 6.45) is 0.783. The highest BCUT2D eigenvalue weighted by molar-refractivity contribution is 5.80. The van der Waals surface area contributed by atoms with Crippen LogP contribution in [0.25, 0.3) is 0 Å². The zero-order chi connectivity index (χ0) is 14.0. The molecule has 0 aromatic heterocycles. The fourth-order valence-electron chi connectivity index (χ4n) is 2.47. The predicted molar refractivity (Wildman–Crippen MR) is 68.5 cm³/mol. The Hall–Kier alpha value is -1.49. The van der Waals surface area contributed by atoms with Gasteiger partial charge in [0.2, 0.25) is 5.91 Å². The van der Waals surface area contributed by atoms with E-state index in [0.29, 0.717) is 5.56 Å². The number of benzene rings is 1. The molecular formula is C14H18F2N2O. The Morgan fingerprint density at radius 1 is 1.47 bits per heavy atom. The molecule has 0 saturated carbocycles. The van der Waals surface area contributed by atoms with E-state index in [-0.39, 0.29) is 17.9 Å². The summed E-state index contributed by atoms with van der Waals surface area (Å²) < 4.78 is 26.4. The molecule has 3 nitrogen and oxygen atoms in total. The molecule has 0 bridgehead atoms. The number of nitrogens with one attached hydrogen (secondary N) is 2. The van der Waals surface area contributed by atoms with Crippen molar-refractivity contribution in [1.82, 2.24) is 10.6 Å². The lowest BCUT2D eigenvalue weighted by Crippen LogP contribution is -2.38. The summed E-state index contributed by atoms with van der Waals surface area (Å²) in [7, 11) is 0. The van der Waals surface area contributed by atoms with Gasteiger partial charge in [-0.2, -0.15) is 0 Å². The second kappa shape index (κ2) is 5.65. The van der Waals surface area contributed by atoms with Crippen LogP contribution in [-0.2, 0) is 4.79 Å². The molecule has 0 spiro atoms. The van der Waals surface area contributed by atoms with Gasteiger partial charge >= 0.3 is 0 Å². The van der Waals surface area contributed by atoms with Crippen molar-refractivity contribution >= 4 is 5.91 Å². The molecular weight excluding hydrogens is 250 g/mol. The molecule has 5 heteroatoms. The third kappa shape index (κ3) is 3.10. The van der Waals surface area contributed by atoms with Crippen LogP contribution in [0.15, 0.2) is 18.2 Å². The molecule has 19 heavy (non-hydrogen) atoms. The fourth-order valence-corrected chi connectivity index (χ4v) is 2.47. The van der Waals surface area contributed by atoms with E-state index in [9.17, 15) is 13.6 Å². The molecule has 1 fully saturated rings. The van der Waals surface area contributed by atoms with Gasteiger partial charge in [-0.25, -0.2) is 8.78 Å². The molecule has 3 unspecified atom stereocenters.